The van der Waals surface area contributed by atoms with E-state index in [0.29, 0.717) is 0 Å². The second-order valence-electron chi connectivity index (χ2n) is 29.1. The lowest BCUT2D eigenvalue weighted by Gasteiger charge is -2.11. The Labute approximate surface area is 640 Å². The molecule has 6 aromatic heterocycles. The molecule has 0 N–H and O–H groups in total. The number of nitrogens with zero attached hydrogens (tertiary/aromatic N) is 4. The molecule has 0 bridgehead atoms. The van der Waals surface area contributed by atoms with Gasteiger partial charge >= 0.3 is 0 Å². The molecular weight excluding hydrogens is 1370 g/mol. The standard InChI is InChI=1S/2C52H32N2S/c1-2-11-33(12-3-1)36-15-10-16-39(29-36)54-48-27-23-38(32-45(48)51-49(54)28-25-43-42-18-7-9-20-50(42)55-52(43)51)37-22-26-47-44(31-37)41-17-6-8-19-46(41)53(47)40-24-21-34-13-4-5-14-35(34)30-40;1-2-11-33(12-3-1)36-15-10-16-39(29-36)54-47-26-23-38(32-44(47)51-48(54)27-28-50-52(51)42-18-7-9-20-49(42)55-50)37-22-25-46-43(31-37)41-17-6-8-19-45(41)53(46)40-24-21-34-13-4-5-14-35(34)30-40/h2*1-32H. The van der Waals surface area contributed by atoms with Crippen LogP contribution in [0.5, 0.6) is 0 Å². The predicted octanol–water partition coefficient (Wildman–Crippen LogP) is 29.5. The molecule has 0 aliphatic rings. The van der Waals surface area contributed by atoms with E-state index in [1.165, 1.54) is 205 Å². The summed E-state index contributed by atoms with van der Waals surface area (Å²) in [6, 6.07) is 143. The molecule has 4 nitrogen and oxygen atoms in total. The molecule has 0 aliphatic heterocycles. The van der Waals surface area contributed by atoms with Crippen LogP contribution in [0, 0.1) is 0 Å². The Kier molecular flexibility index (Phi) is 14.1. The van der Waals surface area contributed by atoms with Gasteiger partial charge in [-0.25, -0.2) is 0 Å². The van der Waals surface area contributed by atoms with Crippen molar-refractivity contribution in [3.63, 3.8) is 0 Å². The molecule has 18 aromatic carbocycles. The molecule has 6 heterocycles. The van der Waals surface area contributed by atoms with Crippen molar-refractivity contribution in [3.8, 4) is 67.3 Å². The maximum absolute atomic E-state index is 2.47. The third-order valence-corrected chi connectivity index (χ3v) is 25.3. The second kappa shape index (κ2) is 24.9. The van der Waals surface area contributed by atoms with Gasteiger partial charge in [0.05, 0.1) is 44.1 Å². The van der Waals surface area contributed by atoms with E-state index in [2.05, 4.69) is 407 Å². The Morgan fingerprint density at radius 3 is 1.05 bits per heavy atom. The van der Waals surface area contributed by atoms with E-state index < -0.39 is 0 Å². The molecule has 512 valence electrons. The third-order valence-electron chi connectivity index (χ3n) is 23.0. The van der Waals surface area contributed by atoms with Gasteiger partial charge in [-0.3, -0.25) is 0 Å². The molecule has 0 aliphatic carbocycles. The zero-order valence-corrected chi connectivity index (χ0v) is 61.2. The highest BCUT2D eigenvalue weighted by molar-refractivity contribution is 7.27. The van der Waals surface area contributed by atoms with Crippen LogP contribution in [0.2, 0.25) is 0 Å². The molecule has 110 heavy (non-hydrogen) atoms. The van der Waals surface area contributed by atoms with E-state index in [-0.39, 0.29) is 0 Å². The number of thiophene rings is 2. The number of aromatic nitrogens is 4. The SMILES string of the molecule is c1ccc(-c2cccc(-n3c4ccc(-c5ccc6c(c5)c5ccccc5n6-c5ccc6ccccc6c5)cc4c4c5c(ccc43)sc3ccccc35)c2)cc1.c1ccc(-c2cccc(-n3c4ccc(-c5ccc6c(c5)c5ccccc5n6-c5ccc6ccccc6c5)cc4c4c5sc6ccccc6c5ccc43)c2)cc1. The Bertz CT molecular complexity index is 7910. The first-order valence-corrected chi connectivity index (χ1v) is 39.3. The van der Waals surface area contributed by atoms with Crippen LogP contribution in [0.4, 0.5) is 0 Å². The van der Waals surface area contributed by atoms with E-state index in [0.717, 1.165) is 11.4 Å². The molecule has 0 radical (unpaired) electrons. The number of benzene rings is 18. The fourth-order valence-electron chi connectivity index (χ4n) is 17.9. The van der Waals surface area contributed by atoms with Gasteiger partial charge in [0, 0.05) is 106 Å². The fraction of sp³-hybridized carbons (Fsp3) is 0. The molecule has 0 spiro atoms. The first kappa shape index (κ1) is 62.3. The molecule has 0 saturated heterocycles. The van der Waals surface area contributed by atoms with Crippen LogP contribution < -0.4 is 0 Å². The first-order valence-electron chi connectivity index (χ1n) is 37.7. The van der Waals surface area contributed by atoms with E-state index >= 15 is 0 Å². The number of rotatable bonds is 8. The van der Waals surface area contributed by atoms with Crippen molar-refractivity contribution in [3.05, 3.63) is 388 Å². The number of fused-ring (bicyclic) bond motifs is 22. The summed E-state index contributed by atoms with van der Waals surface area (Å²) in [4.78, 5) is 0. The highest BCUT2D eigenvalue weighted by Crippen LogP contribution is 2.48. The topological polar surface area (TPSA) is 19.7 Å². The van der Waals surface area contributed by atoms with Gasteiger partial charge in [0.15, 0.2) is 0 Å². The lowest BCUT2D eigenvalue weighted by Crippen LogP contribution is -1.94. The van der Waals surface area contributed by atoms with Gasteiger partial charge < -0.3 is 18.3 Å². The molecule has 24 aromatic rings. The van der Waals surface area contributed by atoms with Crippen molar-refractivity contribution < 1.29 is 0 Å². The van der Waals surface area contributed by atoms with Crippen LogP contribution >= 0.6 is 22.7 Å². The molecule has 0 saturated carbocycles. The quantitative estimate of drug-likeness (QED) is 0.144. The molecule has 0 amide bonds. The Balaban J connectivity index is 0.000000132. The lowest BCUT2D eigenvalue weighted by molar-refractivity contribution is 1.18. The van der Waals surface area contributed by atoms with Crippen LogP contribution in [0.3, 0.4) is 0 Å². The minimum Gasteiger partial charge on any atom is -0.309 e. The molecule has 24 rings (SSSR count). The van der Waals surface area contributed by atoms with Gasteiger partial charge in [0.1, 0.15) is 0 Å². The van der Waals surface area contributed by atoms with Gasteiger partial charge in [-0.05, 0) is 206 Å². The van der Waals surface area contributed by atoms with Crippen molar-refractivity contribution in [2.24, 2.45) is 0 Å². The first-order chi connectivity index (χ1) is 54.5. The van der Waals surface area contributed by atoms with Crippen LogP contribution in [0.15, 0.2) is 388 Å². The van der Waals surface area contributed by atoms with Crippen molar-refractivity contribution in [2.45, 2.75) is 0 Å². The van der Waals surface area contributed by atoms with Gasteiger partial charge in [-0.2, -0.15) is 0 Å². The van der Waals surface area contributed by atoms with Crippen molar-refractivity contribution >= 4 is 172 Å². The molecule has 0 atom stereocenters. The average molecular weight is 1430 g/mol. The zero-order chi connectivity index (χ0) is 72.1. The summed E-state index contributed by atoms with van der Waals surface area (Å²) in [5, 5.41) is 20.5. The normalized spacial score (nSPS) is 12.0. The van der Waals surface area contributed by atoms with Gasteiger partial charge in [-0.1, -0.05) is 249 Å². The van der Waals surface area contributed by atoms with Crippen molar-refractivity contribution in [1.82, 2.24) is 18.3 Å². The van der Waals surface area contributed by atoms with E-state index in [1.807, 2.05) is 22.7 Å². The summed E-state index contributed by atoms with van der Waals surface area (Å²) in [5.41, 5.74) is 24.1. The van der Waals surface area contributed by atoms with Gasteiger partial charge in [-0.15, -0.1) is 22.7 Å². The molecular formula is C104H64N4S2. The maximum Gasteiger partial charge on any atom is 0.0555 e. The zero-order valence-electron chi connectivity index (χ0n) is 59.6. The van der Waals surface area contributed by atoms with E-state index in [4.69, 9.17) is 0 Å². The summed E-state index contributed by atoms with van der Waals surface area (Å²) in [7, 11) is 0. The van der Waals surface area contributed by atoms with Crippen molar-refractivity contribution in [1.29, 1.82) is 0 Å². The fourth-order valence-corrected chi connectivity index (χ4v) is 20.3. The lowest BCUT2D eigenvalue weighted by atomic mass is 9.99. The number of para-hydroxylation sites is 2. The second-order valence-corrected chi connectivity index (χ2v) is 31.2. The van der Waals surface area contributed by atoms with Crippen LogP contribution in [-0.2, 0) is 0 Å². The Morgan fingerprint density at radius 2 is 0.518 bits per heavy atom. The summed E-state index contributed by atoms with van der Waals surface area (Å²) >= 11 is 3.79. The van der Waals surface area contributed by atoms with Crippen LogP contribution in [0.1, 0.15) is 0 Å². The summed E-state index contributed by atoms with van der Waals surface area (Å²) in [6.07, 6.45) is 0. The summed E-state index contributed by atoms with van der Waals surface area (Å²) in [6.45, 7) is 0. The predicted molar refractivity (Wildman–Crippen MR) is 473 cm³/mol. The third kappa shape index (κ3) is 9.83. The highest BCUT2D eigenvalue weighted by atomic mass is 32.1. The minimum atomic E-state index is 1.16. The summed E-state index contributed by atoms with van der Waals surface area (Å²) < 4.78 is 15.1. The number of hydrogen-bond donors (Lipinski definition) is 0. The monoisotopic (exact) mass is 1430 g/mol. The van der Waals surface area contributed by atoms with Crippen LogP contribution in [-0.4, -0.2) is 18.3 Å². The maximum atomic E-state index is 2.47. The van der Waals surface area contributed by atoms with Gasteiger partial charge in [0.25, 0.3) is 0 Å². The van der Waals surface area contributed by atoms with Gasteiger partial charge in [0.2, 0.25) is 0 Å². The summed E-state index contributed by atoms with van der Waals surface area (Å²) in [5.74, 6) is 0. The highest BCUT2D eigenvalue weighted by Gasteiger charge is 2.24. The largest absolute Gasteiger partial charge is 0.309 e. The Morgan fingerprint density at radius 1 is 0.155 bits per heavy atom. The van der Waals surface area contributed by atoms with Crippen LogP contribution in [0.25, 0.3) is 216 Å². The smallest absolute Gasteiger partial charge is 0.0555 e. The van der Waals surface area contributed by atoms with E-state index in [9.17, 15) is 0 Å². The molecule has 0 fully saturated rings. The average Bonchev–Trinajstić information content (AvgIpc) is 1.57. The molecule has 6 heteroatoms. The number of hydrogen-bond acceptors (Lipinski definition) is 2. The Hall–Kier alpha value is -13.9. The van der Waals surface area contributed by atoms with E-state index in [1.54, 1.807) is 0 Å². The minimum absolute atomic E-state index is 1.16. The molecule has 0 unspecified atom stereocenters. The van der Waals surface area contributed by atoms with Crippen molar-refractivity contribution in [2.75, 3.05) is 0 Å².